The third-order valence-corrected chi connectivity index (χ3v) is 2.07. The summed E-state index contributed by atoms with van der Waals surface area (Å²) in [6.07, 6.45) is 2.94. The van der Waals surface area contributed by atoms with Gasteiger partial charge < -0.3 is 9.84 Å². The molecule has 0 saturated carbocycles. The minimum atomic E-state index is -0.454. The van der Waals surface area contributed by atoms with Crippen LogP contribution in [0.5, 0.6) is 0 Å². The summed E-state index contributed by atoms with van der Waals surface area (Å²) < 4.78 is 5.23. The van der Waals surface area contributed by atoms with Crippen molar-refractivity contribution in [1.82, 2.24) is 4.90 Å². The molecule has 1 aliphatic heterocycles. The van der Waals surface area contributed by atoms with Crippen LogP contribution in [-0.4, -0.2) is 34.9 Å². The van der Waals surface area contributed by atoms with E-state index in [-0.39, 0.29) is 12.7 Å². The zero-order chi connectivity index (χ0) is 11.5. The van der Waals surface area contributed by atoms with E-state index in [0.717, 1.165) is 12.0 Å². The fourth-order valence-electron chi connectivity index (χ4n) is 1.41. The first-order valence-electron chi connectivity index (χ1n) is 5.22. The molecular weight excluding hydrogens is 194 g/mol. The van der Waals surface area contributed by atoms with E-state index in [1.54, 1.807) is 11.1 Å². The summed E-state index contributed by atoms with van der Waals surface area (Å²) in [6.45, 7) is 6.33. The van der Waals surface area contributed by atoms with Crippen LogP contribution in [0.3, 0.4) is 0 Å². The topological polar surface area (TPSA) is 49.8 Å². The quantitative estimate of drug-likeness (QED) is 0.762. The van der Waals surface area contributed by atoms with E-state index < -0.39 is 5.60 Å². The third-order valence-electron chi connectivity index (χ3n) is 2.07. The number of aliphatic hydroxyl groups is 1. The minimum absolute atomic E-state index is 0.133. The van der Waals surface area contributed by atoms with Crippen molar-refractivity contribution in [2.45, 2.75) is 39.2 Å². The van der Waals surface area contributed by atoms with Gasteiger partial charge in [0.25, 0.3) is 0 Å². The van der Waals surface area contributed by atoms with E-state index in [4.69, 9.17) is 9.84 Å². The Bertz CT molecular complexity index is 265. The van der Waals surface area contributed by atoms with Gasteiger partial charge in [-0.15, -0.1) is 0 Å². The number of amides is 1. The standard InChI is InChI=1S/C11H19NO3/c1-11(2,3)15-10(14)12-6-4-9(8-12)5-7-13/h8,13H,4-7H2,1-3H3. The van der Waals surface area contributed by atoms with Crippen molar-refractivity contribution in [3.8, 4) is 0 Å². The number of hydrogen-bond donors (Lipinski definition) is 1. The van der Waals surface area contributed by atoms with Crippen LogP contribution in [0.15, 0.2) is 11.8 Å². The lowest BCUT2D eigenvalue weighted by Gasteiger charge is -2.23. The van der Waals surface area contributed by atoms with Crippen molar-refractivity contribution >= 4 is 6.09 Å². The highest BCUT2D eigenvalue weighted by molar-refractivity contribution is 5.70. The highest BCUT2D eigenvalue weighted by atomic mass is 16.6. The molecule has 4 nitrogen and oxygen atoms in total. The molecule has 4 heteroatoms. The number of hydrogen-bond acceptors (Lipinski definition) is 3. The summed E-state index contributed by atoms with van der Waals surface area (Å²) in [7, 11) is 0. The van der Waals surface area contributed by atoms with Gasteiger partial charge in [0, 0.05) is 19.4 Å². The molecule has 0 unspecified atom stereocenters. The molecular formula is C11H19NO3. The van der Waals surface area contributed by atoms with Crippen LogP contribution >= 0.6 is 0 Å². The molecule has 1 amide bonds. The maximum absolute atomic E-state index is 11.6. The van der Waals surface area contributed by atoms with Gasteiger partial charge in [-0.3, -0.25) is 4.90 Å². The van der Waals surface area contributed by atoms with Crippen LogP contribution in [0.2, 0.25) is 0 Å². The molecule has 86 valence electrons. The normalized spacial score (nSPS) is 16.5. The summed E-state index contributed by atoms with van der Waals surface area (Å²) in [5.41, 5.74) is 0.647. The van der Waals surface area contributed by atoms with E-state index in [1.807, 2.05) is 20.8 Å². The number of aliphatic hydroxyl groups excluding tert-OH is 1. The highest BCUT2D eigenvalue weighted by Crippen LogP contribution is 2.19. The fourth-order valence-corrected chi connectivity index (χ4v) is 1.41. The molecule has 0 aromatic carbocycles. The lowest BCUT2D eigenvalue weighted by Crippen LogP contribution is -2.32. The maximum atomic E-state index is 11.6. The third kappa shape index (κ3) is 3.91. The first kappa shape index (κ1) is 12.0. The van der Waals surface area contributed by atoms with E-state index in [1.165, 1.54) is 0 Å². The lowest BCUT2D eigenvalue weighted by atomic mass is 10.2. The van der Waals surface area contributed by atoms with Crippen LogP contribution in [0.4, 0.5) is 4.79 Å². The van der Waals surface area contributed by atoms with Gasteiger partial charge in [-0.2, -0.15) is 0 Å². The molecule has 1 rings (SSSR count). The molecule has 0 aliphatic carbocycles. The van der Waals surface area contributed by atoms with Crippen molar-refractivity contribution < 1.29 is 14.6 Å². The SMILES string of the molecule is CC(C)(C)OC(=O)N1C=C(CCO)CC1. The van der Waals surface area contributed by atoms with Gasteiger partial charge in [0.15, 0.2) is 0 Å². The minimum Gasteiger partial charge on any atom is -0.443 e. The summed E-state index contributed by atoms with van der Waals surface area (Å²) in [5, 5.41) is 8.76. The molecule has 0 fully saturated rings. The molecule has 1 aliphatic rings. The molecule has 1 heterocycles. The molecule has 0 aromatic rings. The Morgan fingerprint density at radius 1 is 1.60 bits per heavy atom. The van der Waals surface area contributed by atoms with Gasteiger partial charge >= 0.3 is 6.09 Å². The van der Waals surface area contributed by atoms with Crippen LogP contribution in [-0.2, 0) is 4.74 Å². The Labute approximate surface area is 90.5 Å². The van der Waals surface area contributed by atoms with Crippen molar-refractivity contribution in [3.63, 3.8) is 0 Å². The van der Waals surface area contributed by atoms with E-state index in [0.29, 0.717) is 13.0 Å². The lowest BCUT2D eigenvalue weighted by molar-refractivity contribution is 0.0349. The smallest absolute Gasteiger partial charge is 0.414 e. The van der Waals surface area contributed by atoms with Gasteiger partial charge in [0.2, 0.25) is 0 Å². The first-order chi connectivity index (χ1) is 6.92. The van der Waals surface area contributed by atoms with E-state index in [9.17, 15) is 4.79 Å². The summed E-state index contributed by atoms with van der Waals surface area (Å²) >= 11 is 0. The number of ether oxygens (including phenoxy) is 1. The summed E-state index contributed by atoms with van der Waals surface area (Å²) in [6, 6.07) is 0. The van der Waals surface area contributed by atoms with Crippen LogP contribution in [0, 0.1) is 0 Å². The molecule has 0 radical (unpaired) electrons. The molecule has 0 saturated heterocycles. The average molecular weight is 213 g/mol. The molecule has 0 atom stereocenters. The van der Waals surface area contributed by atoms with Crippen molar-refractivity contribution in [2.75, 3.05) is 13.2 Å². The van der Waals surface area contributed by atoms with Crippen molar-refractivity contribution in [2.24, 2.45) is 0 Å². The van der Waals surface area contributed by atoms with Gasteiger partial charge in [0.05, 0.1) is 0 Å². The Morgan fingerprint density at radius 2 is 2.27 bits per heavy atom. The first-order valence-corrected chi connectivity index (χ1v) is 5.22. The monoisotopic (exact) mass is 213 g/mol. The Hall–Kier alpha value is -1.03. The molecule has 1 N–H and O–H groups in total. The molecule has 0 spiro atoms. The van der Waals surface area contributed by atoms with Gasteiger partial charge in [-0.1, -0.05) is 0 Å². The zero-order valence-corrected chi connectivity index (χ0v) is 9.62. The molecule has 0 bridgehead atoms. The van der Waals surface area contributed by atoms with Crippen molar-refractivity contribution in [3.05, 3.63) is 11.8 Å². The van der Waals surface area contributed by atoms with Gasteiger partial charge in [0.1, 0.15) is 5.60 Å². The predicted octanol–water partition coefficient (Wildman–Crippen LogP) is 1.89. The number of carbonyl (C=O) groups is 1. The predicted molar refractivity (Wildman–Crippen MR) is 57.3 cm³/mol. The number of rotatable bonds is 2. The second-order valence-corrected chi connectivity index (χ2v) is 4.68. The highest BCUT2D eigenvalue weighted by Gasteiger charge is 2.24. The van der Waals surface area contributed by atoms with Gasteiger partial charge in [-0.25, -0.2) is 4.79 Å². The van der Waals surface area contributed by atoms with Crippen LogP contribution < -0.4 is 0 Å². The zero-order valence-electron chi connectivity index (χ0n) is 9.62. The fraction of sp³-hybridized carbons (Fsp3) is 0.727. The molecule has 0 aromatic heterocycles. The van der Waals surface area contributed by atoms with E-state index in [2.05, 4.69) is 0 Å². The maximum Gasteiger partial charge on any atom is 0.414 e. The Kier molecular flexibility index (Phi) is 3.74. The Morgan fingerprint density at radius 3 is 2.80 bits per heavy atom. The second-order valence-electron chi connectivity index (χ2n) is 4.68. The average Bonchev–Trinajstić information content (AvgIpc) is 2.50. The largest absolute Gasteiger partial charge is 0.443 e. The molecule has 15 heavy (non-hydrogen) atoms. The van der Waals surface area contributed by atoms with Gasteiger partial charge in [-0.05, 0) is 39.2 Å². The number of nitrogens with zero attached hydrogens (tertiary/aromatic N) is 1. The number of carbonyl (C=O) groups excluding carboxylic acids is 1. The Balaban J connectivity index is 2.49. The van der Waals surface area contributed by atoms with Crippen molar-refractivity contribution in [1.29, 1.82) is 0 Å². The van der Waals surface area contributed by atoms with Crippen LogP contribution in [0.1, 0.15) is 33.6 Å². The summed E-state index contributed by atoms with van der Waals surface area (Å²) in [5.74, 6) is 0. The summed E-state index contributed by atoms with van der Waals surface area (Å²) in [4.78, 5) is 13.2. The van der Waals surface area contributed by atoms with E-state index >= 15 is 0 Å². The van der Waals surface area contributed by atoms with Crippen LogP contribution in [0.25, 0.3) is 0 Å². The second kappa shape index (κ2) is 4.66.